The number of nitrogens with one attached hydrogen (secondary N) is 1. The summed E-state index contributed by atoms with van der Waals surface area (Å²) >= 11 is 6.18. The SMILES string of the molecule is CCOCCOc1c(Cl)cccc1NC(=O)c1ccc(CN)cc1.Cl. The number of benzene rings is 2. The van der Waals surface area contributed by atoms with Gasteiger partial charge in [0.05, 0.1) is 17.3 Å². The Morgan fingerprint density at radius 1 is 1.16 bits per heavy atom. The van der Waals surface area contributed by atoms with Crippen molar-refractivity contribution in [3.05, 3.63) is 58.6 Å². The van der Waals surface area contributed by atoms with E-state index in [4.69, 9.17) is 26.8 Å². The Bertz CT molecular complexity index is 679. The fourth-order valence-electron chi connectivity index (χ4n) is 2.09. The van der Waals surface area contributed by atoms with E-state index >= 15 is 0 Å². The highest BCUT2D eigenvalue weighted by molar-refractivity contribution is 6.32. The molecule has 0 unspecified atom stereocenters. The van der Waals surface area contributed by atoms with Crippen LogP contribution in [0.1, 0.15) is 22.8 Å². The molecule has 0 fully saturated rings. The second-order valence-electron chi connectivity index (χ2n) is 5.02. The monoisotopic (exact) mass is 384 g/mol. The Labute approximate surface area is 158 Å². The molecule has 3 N–H and O–H groups in total. The summed E-state index contributed by atoms with van der Waals surface area (Å²) in [5.41, 5.74) is 7.58. The van der Waals surface area contributed by atoms with E-state index in [9.17, 15) is 4.79 Å². The molecule has 1 amide bonds. The van der Waals surface area contributed by atoms with Gasteiger partial charge in [-0.15, -0.1) is 12.4 Å². The highest BCUT2D eigenvalue weighted by atomic mass is 35.5. The first kappa shape index (κ1) is 21.3. The highest BCUT2D eigenvalue weighted by Crippen LogP contribution is 2.33. The molecule has 136 valence electrons. The first-order chi connectivity index (χ1) is 11.7. The third kappa shape index (κ3) is 6.21. The number of para-hydroxylation sites is 1. The lowest BCUT2D eigenvalue weighted by Gasteiger charge is -2.14. The predicted octanol–water partition coefficient (Wildman–Crippen LogP) is 3.89. The van der Waals surface area contributed by atoms with E-state index in [1.54, 1.807) is 30.3 Å². The van der Waals surface area contributed by atoms with E-state index in [1.807, 2.05) is 19.1 Å². The Hall–Kier alpha value is -1.79. The van der Waals surface area contributed by atoms with Gasteiger partial charge in [-0.05, 0) is 36.8 Å². The van der Waals surface area contributed by atoms with Crippen LogP contribution in [0, 0.1) is 0 Å². The van der Waals surface area contributed by atoms with Crippen LogP contribution in [-0.2, 0) is 11.3 Å². The van der Waals surface area contributed by atoms with Crippen molar-refractivity contribution in [3.63, 3.8) is 0 Å². The van der Waals surface area contributed by atoms with Gasteiger partial charge in [0, 0.05) is 18.7 Å². The van der Waals surface area contributed by atoms with Gasteiger partial charge in [-0.1, -0.05) is 29.8 Å². The van der Waals surface area contributed by atoms with Crippen molar-refractivity contribution >= 4 is 35.6 Å². The molecule has 0 heterocycles. The molecule has 2 aromatic rings. The number of amides is 1. The summed E-state index contributed by atoms with van der Waals surface area (Å²) in [6.07, 6.45) is 0. The number of nitrogens with two attached hydrogens (primary N) is 1. The minimum absolute atomic E-state index is 0. The Balaban J connectivity index is 0.00000312. The summed E-state index contributed by atoms with van der Waals surface area (Å²) < 4.78 is 10.9. The molecule has 0 bridgehead atoms. The summed E-state index contributed by atoms with van der Waals surface area (Å²) in [7, 11) is 0. The number of anilines is 1. The zero-order valence-electron chi connectivity index (χ0n) is 14.0. The summed E-state index contributed by atoms with van der Waals surface area (Å²) in [5.74, 6) is 0.196. The fourth-order valence-corrected chi connectivity index (χ4v) is 2.32. The topological polar surface area (TPSA) is 73.6 Å². The summed E-state index contributed by atoms with van der Waals surface area (Å²) in [6, 6.07) is 12.3. The molecule has 0 aliphatic carbocycles. The molecule has 0 aromatic heterocycles. The van der Waals surface area contributed by atoms with Crippen LogP contribution in [0.3, 0.4) is 0 Å². The molecular weight excluding hydrogens is 363 g/mol. The minimum Gasteiger partial charge on any atom is -0.487 e. The van der Waals surface area contributed by atoms with Crippen molar-refractivity contribution in [2.75, 3.05) is 25.1 Å². The molecule has 5 nitrogen and oxygen atoms in total. The summed E-state index contributed by atoms with van der Waals surface area (Å²) in [6.45, 7) is 3.78. The number of carbonyl (C=O) groups excluding carboxylic acids is 1. The van der Waals surface area contributed by atoms with Crippen LogP contribution in [0.4, 0.5) is 5.69 Å². The van der Waals surface area contributed by atoms with E-state index in [2.05, 4.69) is 5.32 Å². The molecular formula is C18H22Cl2N2O3. The van der Waals surface area contributed by atoms with Gasteiger partial charge in [0.25, 0.3) is 5.91 Å². The molecule has 0 spiro atoms. The summed E-state index contributed by atoms with van der Waals surface area (Å²) in [5, 5.41) is 3.26. The van der Waals surface area contributed by atoms with Crippen molar-refractivity contribution in [1.29, 1.82) is 0 Å². The number of ether oxygens (including phenoxy) is 2. The van der Waals surface area contributed by atoms with Crippen molar-refractivity contribution in [2.45, 2.75) is 13.5 Å². The molecule has 0 saturated heterocycles. The molecule has 0 aliphatic heterocycles. The van der Waals surface area contributed by atoms with E-state index in [-0.39, 0.29) is 18.3 Å². The molecule has 2 aromatic carbocycles. The molecule has 0 aliphatic rings. The first-order valence-electron chi connectivity index (χ1n) is 7.75. The average Bonchev–Trinajstić information content (AvgIpc) is 2.60. The van der Waals surface area contributed by atoms with Crippen LogP contribution >= 0.6 is 24.0 Å². The van der Waals surface area contributed by atoms with Crippen LogP contribution in [0.5, 0.6) is 5.75 Å². The minimum atomic E-state index is -0.240. The normalized spacial score (nSPS) is 10.0. The van der Waals surface area contributed by atoms with Crippen LogP contribution in [0.2, 0.25) is 5.02 Å². The second kappa shape index (κ2) is 10.9. The van der Waals surface area contributed by atoms with Gasteiger partial charge in [0.2, 0.25) is 0 Å². The Morgan fingerprint density at radius 2 is 1.88 bits per heavy atom. The van der Waals surface area contributed by atoms with Gasteiger partial charge in [-0.3, -0.25) is 4.79 Å². The number of halogens is 2. The van der Waals surface area contributed by atoms with Crippen molar-refractivity contribution in [1.82, 2.24) is 0 Å². The zero-order valence-corrected chi connectivity index (χ0v) is 15.5. The summed E-state index contributed by atoms with van der Waals surface area (Å²) in [4.78, 5) is 12.4. The molecule has 0 atom stereocenters. The zero-order chi connectivity index (χ0) is 17.4. The third-order valence-corrected chi connectivity index (χ3v) is 3.64. The lowest BCUT2D eigenvalue weighted by molar-refractivity contribution is 0.102. The smallest absolute Gasteiger partial charge is 0.255 e. The maximum atomic E-state index is 12.4. The van der Waals surface area contributed by atoms with Gasteiger partial charge in [-0.2, -0.15) is 0 Å². The van der Waals surface area contributed by atoms with Crippen LogP contribution < -0.4 is 15.8 Å². The molecule has 0 saturated carbocycles. The van der Waals surface area contributed by atoms with Crippen molar-refractivity contribution in [2.24, 2.45) is 5.73 Å². The lowest BCUT2D eigenvalue weighted by atomic mass is 10.1. The van der Waals surface area contributed by atoms with Crippen molar-refractivity contribution < 1.29 is 14.3 Å². The van der Waals surface area contributed by atoms with Gasteiger partial charge >= 0.3 is 0 Å². The lowest BCUT2D eigenvalue weighted by Crippen LogP contribution is -2.14. The van der Waals surface area contributed by atoms with E-state index in [0.717, 1.165) is 5.56 Å². The number of hydrogen-bond acceptors (Lipinski definition) is 4. The molecule has 25 heavy (non-hydrogen) atoms. The second-order valence-corrected chi connectivity index (χ2v) is 5.42. The van der Waals surface area contributed by atoms with Gasteiger partial charge in [0.15, 0.2) is 5.75 Å². The highest BCUT2D eigenvalue weighted by Gasteiger charge is 2.13. The van der Waals surface area contributed by atoms with Crippen LogP contribution in [0.15, 0.2) is 42.5 Å². The van der Waals surface area contributed by atoms with Gasteiger partial charge < -0.3 is 20.5 Å². The third-order valence-electron chi connectivity index (χ3n) is 3.35. The Morgan fingerprint density at radius 3 is 2.52 bits per heavy atom. The van der Waals surface area contributed by atoms with Crippen molar-refractivity contribution in [3.8, 4) is 5.75 Å². The fraction of sp³-hybridized carbons (Fsp3) is 0.278. The molecule has 0 radical (unpaired) electrons. The standard InChI is InChI=1S/C18H21ClN2O3.ClH/c1-2-23-10-11-24-17-15(19)4-3-5-16(17)21-18(22)14-8-6-13(12-20)7-9-14;/h3-9H,2,10-12,20H2,1H3,(H,21,22);1H. The molecule has 7 heteroatoms. The number of hydrogen-bond donors (Lipinski definition) is 2. The number of carbonyl (C=O) groups is 1. The van der Waals surface area contributed by atoms with Crippen LogP contribution in [-0.4, -0.2) is 25.7 Å². The predicted molar refractivity (Wildman–Crippen MR) is 103 cm³/mol. The maximum absolute atomic E-state index is 12.4. The van der Waals surface area contributed by atoms with E-state index in [0.29, 0.717) is 48.4 Å². The largest absolute Gasteiger partial charge is 0.487 e. The number of rotatable bonds is 8. The average molecular weight is 385 g/mol. The first-order valence-corrected chi connectivity index (χ1v) is 8.13. The Kier molecular flexibility index (Phi) is 9.31. The quantitative estimate of drug-likeness (QED) is 0.677. The van der Waals surface area contributed by atoms with E-state index < -0.39 is 0 Å². The van der Waals surface area contributed by atoms with E-state index in [1.165, 1.54) is 0 Å². The van der Waals surface area contributed by atoms with Crippen LogP contribution in [0.25, 0.3) is 0 Å². The maximum Gasteiger partial charge on any atom is 0.255 e. The van der Waals surface area contributed by atoms with Gasteiger partial charge in [0.1, 0.15) is 6.61 Å². The van der Waals surface area contributed by atoms with Gasteiger partial charge in [-0.25, -0.2) is 0 Å². The molecule has 2 rings (SSSR count).